The summed E-state index contributed by atoms with van der Waals surface area (Å²) in [6.07, 6.45) is 2.65. The molecule has 1 aliphatic heterocycles. The van der Waals surface area contributed by atoms with Crippen LogP contribution in [0.1, 0.15) is 20.3 Å². The highest BCUT2D eigenvalue weighted by molar-refractivity contribution is 8.12. The number of hydrogen-bond donors (Lipinski definition) is 0. The molecule has 84 valence electrons. The standard InChI is InChI=1S/C11H17NO2S/c1-4-5-10-8(2)11(14-9(3)13)6-15-7-12-10/h4,7-8,10-11H,1,5-6H2,2-3H3/t8-,10+,11?/m0/s1. The van der Waals surface area contributed by atoms with Gasteiger partial charge in [0.05, 0.1) is 11.6 Å². The zero-order chi connectivity index (χ0) is 11.3. The maximum Gasteiger partial charge on any atom is 0.302 e. The lowest BCUT2D eigenvalue weighted by atomic mass is 9.94. The van der Waals surface area contributed by atoms with Gasteiger partial charge in [0.15, 0.2) is 0 Å². The highest BCUT2D eigenvalue weighted by Crippen LogP contribution is 2.24. The number of thioether (sulfide) groups is 1. The molecule has 15 heavy (non-hydrogen) atoms. The molecule has 0 radical (unpaired) electrons. The second kappa shape index (κ2) is 5.95. The van der Waals surface area contributed by atoms with E-state index in [1.54, 1.807) is 11.8 Å². The van der Waals surface area contributed by atoms with E-state index in [9.17, 15) is 4.79 Å². The zero-order valence-corrected chi connectivity index (χ0v) is 10.00. The van der Waals surface area contributed by atoms with E-state index in [1.807, 2.05) is 11.6 Å². The van der Waals surface area contributed by atoms with Gasteiger partial charge in [-0.15, -0.1) is 18.3 Å². The molecule has 0 saturated carbocycles. The van der Waals surface area contributed by atoms with Crippen molar-refractivity contribution in [2.75, 3.05) is 5.75 Å². The van der Waals surface area contributed by atoms with Crippen LogP contribution in [0.25, 0.3) is 0 Å². The molecule has 0 bridgehead atoms. The Hall–Kier alpha value is -0.770. The van der Waals surface area contributed by atoms with Crippen molar-refractivity contribution in [3.8, 4) is 0 Å². The minimum absolute atomic E-state index is 0.0417. The first-order valence-corrected chi connectivity index (χ1v) is 6.11. The summed E-state index contributed by atoms with van der Waals surface area (Å²) in [5.41, 5.74) is 1.86. The van der Waals surface area contributed by atoms with Crippen LogP contribution >= 0.6 is 11.8 Å². The van der Waals surface area contributed by atoms with E-state index in [2.05, 4.69) is 18.5 Å². The van der Waals surface area contributed by atoms with Crippen molar-refractivity contribution in [1.82, 2.24) is 0 Å². The van der Waals surface area contributed by atoms with Crippen molar-refractivity contribution in [1.29, 1.82) is 0 Å². The summed E-state index contributed by atoms with van der Waals surface area (Å²) >= 11 is 1.60. The fraction of sp³-hybridized carbons (Fsp3) is 0.636. The maximum atomic E-state index is 10.9. The monoisotopic (exact) mass is 227 g/mol. The summed E-state index contributed by atoms with van der Waals surface area (Å²) in [7, 11) is 0. The summed E-state index contributed by atoms with van der Waals surface area (Å²) in [6.45, 7) is 7.24. The van der Waals surface area contributed by atoms with Crippen molar-refractivity contribution in [2.45, 2.75) is 32.4 Å². The van der Waals surface area contributed by atoms with E-state index in [4.69, 9.17) is 4.74 Å². The van der Waals surface area contributed by atoms with Crippen LogP contribution in [0.5, 0.6) is 0 Å². The fourth-order valence-corrected chi connectivity index (χ4v) is 2.48. The van der Waals surface area contributed by atoms with Gasteiger partial charge < -0.3 is 4.74 Å². The van der Waals surface area contributed by atoms with Gasteiger partial charge in [0.1, 0.15) is 6.10 Å². The summed E-state index contributed by atoms with van der Waals surface area (Å²) in [4.78, 5) is 15.4. The summed E-state index contributed by atoms with van der Waals surface area (Å²) in [5.74, 6) is 0.822. The molecule has 0 aromatic heterocycles. The van der Waals surface area contributed by atoms with Crippen molar-refractivity contribution in [3.05, 3.63) is 12.7 Å². The number of nitrogens with zero attached hydrogens (tertiary/aromatic N) is 1. The molecule has 0 fully saturated rings. The van der Waals surface area contributed by atoms with Crippen LogP contribution in [0.2, 0.25) is 0 Å². The van der Waals surface area contributed by atoms with Crippen molar-refractivity contribution in [3.63, 3.8) is 0 Å². The van der Waals surface area contributed by atoms with Gasteiger partial charge >= 0.3 is 5.97 Å². The molecule has 4 heteroatoms. The molecule has 3 nitrogen and oxygen atoms in total. The molecule has 1 rings (SSSR count). The van der Waals surface area contributed by atoms with Crippen LogP contribution in [0.3, 0.4) is 0 Å². The third kappa shape index (κ3) is 3.70. The fourth-order valence-electron chi connectivity index (χ4n) is 1.60. The van der Waals surface area contributed by atoms with E-state index in [0.717, 1.165) is 12.2 Å². The molecule has 0 aliphatic carbocycles. The van der Waals surface area contributed by atoms with Crippen molar-refractivity contribution < 1.29 is 9.53 Å². The maximum absolute atomic E-state index is 10.9. The molecule has 1 heterocycles. The second-order valence-electron chi connectivity index (χ2n) is 3.69. The Morgan fingerprint density at radius 3 is 3.13 bits per heavy atom. The molecule has 1 unspecified atom stereocenters. The van der Waals surface area contributed by atoms with Gasteiger partial charge in [0.25, 0.3) is 0 Å². The zero-order valence-electron chi connectivity index (χ0n) is 9.18. The van der Waals surface area contributed by atoms with Crippen LogP contribution in [0.15, 0.2) is 17.6 Å². The van der Waals surface area contributed by atoms with E-state index in [0.29, 0.717) is 0 Å². The normalized spacial score (nSPS) is 30.7. The highest BCUT2D eigenvalue weighted by atomic mass is 32.2. The summed E-state index contributed by atoms with van der Waals surface area (Å²) < 4.78 is 5.29. The molecule has 0 N–H and O–H groups in total. The first-order valence-electron chi connectivity index (χ1n) is 5.06. The molecule has 1 aliphatic rings. The average Bonchev–Trinajstić information content (AvgIpc) is 2.33. The smallest absolute Gasteiger partial charge is 0.302 e. The Labute approximate surface area is 95.0 Å². The SMILES string of the molecule is C=CC[C@H]1N=CSCC(OC(C)=O)[C@H]1C. The van der Waals surface area contributed by atoms with Gasteiger partial charge in [-0.2, -0.15) is 0 Å². The van der Waals surface area contributed by atoms with Crippen molar-refractivity contribution in [2.24, 2.45) is 10.9 Å². The van der Waals surface area contributed by atoms with E-state index < -0.39 is 0 Å². The minimum Gasteiger partial charge on any atom is -0.461 e. The molecule has 0 aromatic carbocycles. The van der Waals surface area contributed by atoms with E-state index >= 15 is 0 Å². The second-order valence-corrected chi connectivity index (χ2v) is 4.56. The molecule has 0 spiro atoms. The third-order valence-electron chi connectivity index (χ3n) is 2.51. The molecule has 0 saturated heterocycles. The third-order valence-corrected chi connectivity index (χ3v) is 3.30. The van der Waals surface area contributed by atoms with Gasteiger partial charge in [-0.05, 0) is 6.42 Å². The Kier molecular flexibility index (Phi) is 4.88. The number of aliphatic imine (C=N–C) groups is 1. The largest absolute Gasteiger partial charge is 0.461 e. The molecular weight excluding hydrogens is 210 g/mol. The number of ether oxygens (including phenoxy) is 1. The Morgan fingerprint density at radius 2 is 2.53 bits per heavy atom. The van der Waals surface area contributed by atoms with Gasteiger partial charge in [-0.25, -0.2) is 0 Å². The molecule has 0 amide bonds. The first-order chi connectivity index (χ1) is 7.15. The molecule has 0 aromatic rings. The lowest BCUT2D eigenvalue weighted by Gasteiger charge is -2.25. The topological polar surface area (TPSA) is 38.7 Å². The number of carbonyl (C=O) groups excluding carboxylic acids is 1. The van der Waals surface area contributed by atoms with Gasteiger partial charge in [-0.1, -0.05) is 13.0 Å². The predicted octanol–water partition coefficient (Wildman–Crippen LogP) is 2.27. The first kappa shape index (κ1) is 12.3. The Bertz CT molecular complexity index is 265. The van der Waals surface area contributed by atoms with Crippen molar-refractivity contribution >= 4 is 23.3 Å². The van der Waals surface area contributed by atoms with Gasteiger partial charge in [0, 0.05) is 18.6 Å². The quantitative estimate of drug-likeness (QED) is 0.548. The average molecular weight is 227 g/mol. The summed E-state index contributed by atoms with van der Waals surface area (Å²) in [5, 5.41) is 0. The number of esters is 1. The molecular formula is C11H17NO2S. The highest BCUT2D eigenvalue weighted by Gasteiger charge is 2.28. The lowest BCUT2D eigenvalue weighted by Crippen LogP contribution is -2.32. The number of carbonyl (C=O) groups is 1. The minimum atomic E-state index is -0.216. The summed E-state index contributed by atoms with van der Waals surface area (Å²) in [6, 6.07) is 0.182. The van der Waals surface area contributed by atoms with Gasteiger partial charge in [-0.3, -0.25) is 9.79 Å². The van der Waals surface area contributed by atoms with Gasteiger partial charge in [0.2, 0.25) is 0 Å². The number of rotatable bonds is 3. The number of hydrogen-bond acceptors (Lipinski definition) is 4. The predicted molar refractivity (Wildman–Crippen MR) is 64.3 cm³/mol. The Morgan fingerprint density at radius 1 is 1.80 bits per heavy atom. The van der Waals surface area contributed by atoms with E-state index in [1.165, 1.54) is 6.92 Å². The van der Waals surface area contributed by atoms with Crippen LogP contribution in [-0.4, -0.2) is 29.4 Å². The van der Waals surface area contributed by atoms with Crippen LogP contribution in [0.4, 0.5) is 0 Å². The van der Waals surface area contributed by atoms with E-state index in [-0.39, 0.29) is 24.0 Å². The van der Waals surface area contributed by atoms with Crippen LogP contribution < -0.4 is 0 Å². The molecule has 3 atom stereocenters. The van der Waals surface area contributed by atoms with Crippen LogP contribution in [0, 0.1) is 5.92 Å². The Balaban J connectivity index is 2.65. The van der Waals surface area contributed by atoms with Crippen LogP contribution in [-0.2, 0) is 9.53 Å². The lowest BCUT2D eigenvalue weighted by molar-refractivity contribution is -0.147.